The zero-order chi connectivity index (χ0) is 16.7. The Hall–Kier alpha value is -2.20. The van der Waals surface area contributed by atoms with Gasteiger partial charge in [0.25, 0.3) is 0 Å². The molecule has 1 aromatic heterocycles. The minimum absolute atomic E-state index is 0.0422. The molecule has 120 valence electrons. The maximum absolute atomic E-state index is 12.1. The zero-order valence-corrected chi connectivity index (χ0v) is 13.8. The van der Waals surface area contributed by atoms with Crippen molar-refractivity contribution in [2.24, 2.45) is 0 Å². The number of hydrogen-bond acceptors (Lipinski definition) is 3. The highest BCUT2D eigenvalue weighted by Crippen LogP contribution is 2.17. The van der Waals surface area contributed by atoms with Gasteiger partial charge in [0, 0.05) is 44.4 Å². The second-order valence-electron chi connectivity index (χ2n) is 5.32. The van der Waals surface area contributed by atoms with Crippen molar-refractivity contribution in [2.45, 2.75) is 19.3 Å². The van der Waals surface area contributed by atoms with E-state index < -0.39 is 0 Å². The molecule has 4 nitrogen and oxygen atoms in total. The van der Waals surface area contributed by atoms with Crippen molar-refractivity contribution in [1.29, 1.82) is 0 Å². The van der Waals surface area contributed by atoms with Gasteiger partial charge >= 0.3 is 0 Å². The Morgan fingerprint density at radius 1 is 1.09 bits per heavy atom. The Morgan fingerprint density at radius 2 is 1.78 bits per heavy atom. The van der Waals surface area contributed by atoms with E-state index in [9.17, 15) is 9.59 Å². The van der Waals surface area contributed by atoms with Crippen LogP contribution in [0.2, 0.25) is 5.02 Å². The number of ketones is 1. The van der Waals surface area contributed by atoms with Crippen LogP contribution in [-0.4, -0.2) is 35.2 Å². The number of Topliss-reactive ketones (excluding diaryl/α,β-unsaturated/α-hetero) is 1. The molecule has 0 unspecified atom stereocenters. The number of amides is 1. The fraction of sp³-hybridized carbons (Fsp3) is 0.278. The number of hydrogen-bond donors (Lipinski definition) is 0. The topological polar surface area (TPSA) is 50.3 Å². The number of likely N-dealkylation sites (N-methyl/N-ethyl adjacent to an activating group) is 1. The molecule has 0 N–H and O–H groups in total. The monoisotopic (exact) mass is 330 g/mol. The average Bonchev–Trinajstić information content (AvgIpc) is 2.58. The van der Waals surface area contributed by atoms with E-state index in [1.165, 1.54) is 0 Å². The Labute approximate surface area is 141 Å². The van der Waals surface area contributed by atoms with E-state index in [0.29, 0.717) is 17.1 Å². The van der Waals surface area contributed by atoms with Gasteiger partial charge in [-0.3, -0.25) is 14.6 Å². The van der Waals surface area contributed by atoms with Crippen LogP contribution in [0.25, 0.3) is 0 Å². The molecule has 0 aliphatic carbocycles. The Kier molecular flexibility index (Phi) is 6.29. The molecule has 0 atom stereocenters. The standard InChI is InChI=1S/C18H19ClN2O2/c1-21(13-10-14-8-11-20-12-9-14)18(23)7-6-17(22)15-4-2-3-5-16(15)19/h2-5,8-9,11-12H,6-7,10,13H2,1H3. The molecule has 0 spiro atoms. The third-order valence-corrected chi connectivity index (χ3v) is 3.98. The van der Waals surface area contributed by atoms with Crippen LogP contribution >= 0.6 is 11.6 Å². The van der Waals surface area contributed by atoms with Crippen LogP contribution in [0.3, 0.4) is 0 Å². The van der Waals surface area contributed by atoms with E-state index in [2.05, 4.69) is 4.98 Å². The minimum Gasteiger partial charge on any atom is -0.345 e. The first-order chi connectivity index (χ1) is 11.1. The highest BCUT2D eigenvalue weighted by molar-refractivity contribution is 6.34. The van der Waals surface area contributed by atoms with Crippen LogP contribution in [0, 0.1) is 0 Å². The van der Waals surface area contributed by atoms with Gasteiger partial charge in [0.05, 0.1) is 5.02 Å². The molecule has 1 amide bonds. The molecule has 0 aliphatic rings. The molecular weight excluding hydrogens is 312 g/mol. The fourth-order valence-corrected chi connectivity index (χ4v) is 2.45. The van der Waals surface area contributed by atoms with E-state index in [0.717, 1.165) is 12.0 Å². The summed E-state index contributed by atoms with van der Waals surface area (Å²) in [6, 6.07) is 10.8. The van der Waals surface area contributed by atoms with Gasteiger partial charge in [0.15, 0.2) is 5.78 Å². The van der Waals surface area contributed by atoms with E-state index >= 15 is 0 Å². The number of benzene rings is 1. The van der Waals surface area contributed by atoms with Crippen LogP contribution in [0.15, 0.2) is 48.8 Å². The maximum atomic E-state index is 12.1. The molecule has 23 heavy (non-hydrogen) atoms. The van der Waals surface area contributed by atoms with Gasteiger partial charge in [0.1, 0.15) is 0 Å². The normalized spacial score (nSPS) is 10.3. The quantitative estimate of drug-likeness (QED) is 0.731. The van der Waals surface area contributed by atoms with Crippen molar-refractivity contribution in [1.82, 2.24) is 9.88 Å². The molecule has 0 saturated carbocycles. The van der Waals surface area contributed by atoms with E-state index in [1.807, 2.05) is 12.1 Å². The summed E-state index contributed by atoms with van der Waals surface area (Å²) in [5, 5.41) is 0.427. The lowest BCUT2D eigenvalue weighted by molar-refractivity contribution is -0.129. The van der Waals surface area contributed by atoms with E-state index in [4.69, 9.17) is 11.6 Å². The zero-order valence-electron chi connectivity index (χ0n) is 13.0. The number of carbonyl (C=O) groups is 2. The number of pyridine rings is 1. The van der Waals surface area contributed by atoms with Crippen LogP contribution in [0.4, 0.5) is 0 Å². The minimum atomic E-state index is -0.105. The van der Waals surface area contributed by atoms with Crippen molar-refractivity contribution in [2.75, 3.05) is 13.6 Å². The number of halogens is 1. The first-order valence-electron chi connectivity index (χ1n) is 7.48. The van der Waals surface area contributed by atoms with Gasteiger partial charge in [0.2, 0.25) is 5.91 Å². The van der Waals surface area contributed by atoms with E-state index in [-0.39, 0.29) is 24.5 Å². The molecule has 2 aromatic rings. The lowest BCUT2D eigenvalue weighted by Gasteiger charge is -2.17. The molecule has 2 rings (SSSR count). The molecule has 0 radical (unpaired) electrons. The third-order valence-electron chi connectivity index (χ3n) is 3.65. The van der Waals surface area contributed by atoms with Gasteiger partial charge in [-0.2, -0.15) is 0 Å². The highest BCUT2D eigenvalue weighted by atomic mass is 35.5. The summed E-state index contributed by atoms with van der Waals surface area (Å²) in [6.07, 6.45) is 4.60. The molecular formula is C18H19ClN2O2. The van der Waals surface area contributed by atoms with Crippen molar-refractivity contribution in [3.05, 3.63) is 64.9 Å². The van der Waals surface area contributed by atoms with Crippen molar-refractivity contribution in [3.8, 4) is 0 Å². The van der Waals surface area contributed by atoms with Crippen LogP contribution in [-0.2, 0) is 11.2 Å². The van der Waals surface area contributed by atoms with E-state index in [1.54, 1.807) is 48.6 Å². The Morgan fingerprint density at radius 3 is 2.48 bits per heavy atom. The molecule has 0 saturated heterocycles. The molecule has 5 heteroatoms. The Bertz CT molecular complexity index is 674. The SMILES string of the molecule is CN(CCc1ccncc1)C(=O)CCC(=O)c1ccccc1Cl. The van der Waals surface area contributed by atoms with Gasteiger partial charge in [-0.25, -0.2) is 0 Å². The largest absolute Gasteiger partial charge is 0.345 e. The lowest BCUT2D eigenvalue weighted by Crippen LogP contribution is -2.29. The smallest absolute Gasteiger partial charge is 0.222 e. The summed E-state index contributed by atoms with van der Waals surface area (Å²) in [5.41, 5.74) is 1.60. The third kappa shape index (κ3) is 5.18. The molecule has 0 aliphatic heterocycles. The molecule has 0 bridgehead atoms. The van der Waals surface area contributed by atoms with Crippen LogP contribution in [0.5, 0.6) is 0 Å². The Balaban J connectivity index is 1.80. The summed E-state index contributed by atoms with van der Waals surface area (Å²) in [6.45, 7) is 0.614. The highest BCUT2D eigenvalue weighted by Gasteiger charge is 2.14. The van der Waals surface area contributed by atoms with Crippen LogP contribution < -0.4 is 0 Å². The number of rotatable bonds is 7. The predicted molar refractivity (Wildman–Crippen MR) is 90.6 cm³/mol. The fourth-order valence-electron chi connectivity index (χ4n) is 2.20. The van der Waals surface area contributed by atoms with Crippen molar-refractivity contribution in [3.63, 3.8) is 0 Å². The maximum Gasteiger partial charge on any atom is 0.222 e. The van der Waals surface area contributed by atoms with Crippen molar-refractivity contribution < 1.29 is 9.59 Å². The summed E-state index contributed by atoms with van der Waals surface area (Å²) >= 11 is 5.99. The molecule has 1 heterocycles. The first-order valence-corrected chi connectivity index (χ1v) is 7.86. The lowest BCUT2D eigenvalue weighted by atomic mass is 10.1. The first kappa shape index (κ1) is 17.2. The van der Waals surface area contributed by atoms with Gasteiger partial charge in [-0.15, -0.1) is 0 Å². The number of carbonyl (C=O) groups excluding carboxylic acids is 2. The molecule has 0 fully saturated rings. The second-order valence-corrected chi connectivity index (χ2v) is 5.73. The average molecular weight is 331 g/mol. The van der Waals surface area contributed by atoms with Gasteiger partial charge < -0.3 is 4.90 Å². The number of nitrogens with zero attached hydrogens (tertiary/aromatic N) is 2. The van der Waals surface area contributed by atoms with Gasteiger partial charge in [-0.05, 0) is 36.2 Å². The summed E-state index contributed by atoms with van der Waals surface area (Å²) in [7, 11) is 1.75. The van der Waals surface area contributed by atoms with Crippen molar-refractivity contribution >= 4 is 23.3 Å². The molecule has 1 aromatic carbocycles. The summed E-state index contributed by atoms with van der Waals surface area (Å²) in [4.78, 5) is 29.8. The van der Waals surface area contributed by atoms with Gasteiger partial charge in [-0.1, -0.05) is 23.7 Å². The second kappa shape index (κ2) is 8.44. The summed E-state index contributed by atoms with van der Waals surface area (Å²) < 4.78 is 0. The van der Waals surface area contributed by atoms with Crippen LogP contribution in [0.1, 0.15) is 28.8 Å². The predicted octanol–water partition coefficient (Wildman–Crippen LogP) is 3.40. The summed E-state index contributed by atoms with van der Waals surface area (Å²) in [5.74, 6) is -0.147. The number of aromatic nitrogens is 1.